The number of benzene rings is 5. The Morgan fingerprint density at radius 2 is 1.44 bits per heavy atom. The van der Waals surface area contributed by atoms with Crippen LogP contribution in [0.25, 0.3) is 77.5 Å². The summed E-state index contributed by atoms with van der Waals surface area (Å²) in [7, 11) is 0. The molecule has 255 valence electrons. The largest absolute Gasteiger partial charge is 0.500 e. The first-order chi connectivity index (χ1) is 25.0. The molecule has 9 rings (SSSR count). The zero-order valence-corrected chi connectivity index (χ0v) is 31.8. The summed E-state index contributed by atoms with van der Waals surface area (Å²) in [6.07, 6.45) is 7.55. The van der Waals surface area contributed by atoms with Crippen LogP contribution in [0.15, 0.2) is 144 Å². The molecule has 52 heavy (non-hydrogen) atoms. The summed E-state index contributed by atoms with van der Waals surface area (Å²) in [5.41, 5.74) is 14.8. The number of pyridine rings is 3. The Labute approximate surface area is 317 Å². The van der Waals surface area contributed by atoms with Crippen molar-refractivity contribution < 1.29 is 24.5 Å². The number of rotatable bonds is 4. The average molecular weight is 850 g/mol. The van der Waals surface area contributed by atoms with E-state index >= 15 is 0 Å². The molecule has 0 aliphatic heterocycles. The second-order valence-corrected chi connectivity index (χ2v) is 12.9. The first-order valence-electron chi connectivity index (χ1n) is 17.1. The average Bonchev–Trinajstić information content (AvgIpc) is 3.58. The van der Waals surface area contributed by atoms with Gasteiger partial charge in [-0.2, -0.15) is 0 Å². The molecular formula is C47H35IrN3O-2. The van der Waals surface area contributed by atoms with Crippen molar-refractivity contribution in [3.63, 3.8) is 0 Å². The van der Waals surface area contributed by atoms with Crippen LogP contribution in [0.3, 0.4) is 0 Å². The minimum atomic E-state index is 0. The Balaban J connectivity index is 0.000000254. The van der Waals surface area contributed by atoms with Crippen LogP contribution in [-0.4, -0.2) is 15.0 Å². The summed E-state index contributed by atoms with van der Waals surface area (Å²) in [5.74, 6) is 0. The van der Waals surface area contributed by atoms with Crippen molar-refractivity contribution in [3.8, 4) is 44.8 Å². The molecule has 0 unspecified atom stereocenters. The number of furan rings is 1. The monoisotopic (exact) mass is 850 g/mol. The number of nitrogens with zero attached hydrogens (tertiary/aromatic N) is 3. The molecule has 0 atom stereocenters. The van der Waals surface area contributed by atoms with Gasteiger partial charge in [-0.15, -0.1) is 54.1 Å². The number of aryl methyl sites for hydroxylation is 3. The van der Waals surface area contributed by atoms with Crippen molar-refractivity contribution in [1.82, 2.24) is 15.0 Å². The second-order valence-electron chi connectivity index (χ2n) is 12.9. The van der Waals surface area contributed by atoms with E-state index in [-0.39, 0.29) is 20.1 Å². The van der Waals surface area contributed by atoms with Crippen LogP contribution in [-0.2, 0) is 20.1 Å². The van der Waals surface area contributed by atoms with Crippen LogP contribution in [0.1, 0.15) is 22.3 Å². The second kappa shape index (κ2) is 14.9. The van der Waals surface area contributed by atoms with Gasteiger partial charge in [-0.1, -0.05) is 77.7 Å². The number of hydrogen-bond donors (Lipinski definition) is 0. The minimum Gasteiger partial charge on any atom is -0.500 e. The van der Waals surface area contributed by atoms with Gasteiger partial charge in [0.1, 0.15) is 5.58 Å². The summed E-state index contributed by atoms with van der Waals surface area (Å²) in [6.45, 7) is 8.53. The Bertz CT molecular complexity index is 2670. The maximum absolute atomic E-state index is 6.80. The molecule has 0 spiro atoms. The van der Waals surface area contributed by atoms with Crippen LogP contribution < -0.4 is 0 Å². The molecule has 0 aliphatic carbocycles. The topological polar surface area (TPSA) is 51.8 Å². The number of fused-ring (bicyclic) bond motifs is 4. The van der Waals surface area contributed by atoms with Gasteiger partial charge >= 0.3 is 0 Å². The van der Waals surface area contributed by atoms with Gasteiger partial charge in [-0.3, -0.25) is 4.98 Å². The van der Waals surface area contributed by atoms with E-state index in [0.29, 0.717) is 0 Å². The molecule has 4 heterocycles. The van der Waals surface area contributed by atoms with Gasteiger partial charge in [0.25, 0.3) is 0 Å². The standard InChI is InChI=1S/C35H25N2O.C12H10N.Ir/c1-21-12-13-29(33-23(3)22(2)18-26-14-16-36-20-30(26)33)35-32(21)28-11-7-10-27(34(28)38-35)31-19-25(15-17-37-31)24-8-5-4-6-9-24;1-10-7-8-12(13-9-10)11-5-3-2-4-6-11;/h4-9,11-20H,1-3H3;2-5,7-9H,1H3;/q2*-1;. The molecule has 0 bridgehead atoms. The number of aromatic nitrogens is 3. The quantitative estimate of drug-likeness (QED) is 0.166. The van der Waals surface area contributed by atoms with Crippen molar-refractivity contribution in [3.05, 3.63) is 174 Å². The van der Waals surface area contributed by atoms with Crippen molar-refractivity contribution in [2.24, 2.45) is 0 Å². The zero-order valence-electron chi connectivity index (χ0n) is 29.4. The molecule has 4 nitrogen and oxygen atoms in total. The van der Waals surface area contributed by atoms with E-state index < -0.39 is 0 Å². The fraction of sp³-hybridized carbons (Fsp3) is 0.0851. The molecule has 0 saturated heterocycles. The van der Waals surface area contributed by atoms with E-state index in [0.717, 1.165) is 66.5 Å². The van der Waals surface area contributed by atoms with Crippen molar-refractivity contribution in [1.29, 1.82) is 0 Å². The summed E-state index contributed by atoms with van der Waals surface area (Å²) in [5, 5.41) is 4.52. The van der Waals surface area contributed by atoms with E-state index in [1.54, 1.807) is 0 Å². The van der Waals surface area contributed by atoms with Gasteiger partial charge in [0.2, 0.25) is 0 Å². The minimum absolute atomic E-state index is 0. The molecule has 0 fully saturated rings. The van der Waals surface area contributed by atoms with Crippen molar-refractivity contribution >= 4 is 32.7 Å². The van der Waals surface area contributed by atoms with Crippen LogP contribution in [0.5, 0.6) is 0 Å². The Hall–Kier alpha value is -5.74. The molecule has 0 N–H and O–H groups in total. The SMILES string of the molecule is Cc1cc2ccncc2c(-c2ccc(C)c3c2oc2c(-c4cc(-c5ccccc5)ccn4)[c-]ccc23)c1C.Cc1ccc(-c2[c-]cccc2)nc1.[Ir]. The Kier molecular flexibility index (Phi) is 9.91. The first kappa shape index (κ1) is 34.7. The van der Waals surface area contributed by atoms with E-state index in [1.807, 2.05) is 80.2 Å². The molecule has 4 aromatic heterocycles. The van der Waals surface area contributed by atoms with Crippen LogP contribution >= 0.6 is 0 Å². The van der Waals surface area contributed by atoms with E-state index in [2.05, 4.69) is 110 Å². The molecule has 0 saturated carbocycles. The van der Waals surface area contributed by atoms with Gasteiger partial charge in [0.15, 0.2) is 0 Å². The van der Waals surface area contributed by atoms with E-state index in [1.165, 1.54) is 33.2 Å². The van der Waals surface area contributed by atoms with Crippen LogP contribution in [0.4, 0.5) is 0 Å². The summed E-state index contributed by atoms with van der Waals surface area (Å²) in [6, 6.07) is 45.8. The van der Waals surface area contributed by atoms with Gasteiger partial charge in [0, 0.05) is 61.2 Å². The maximum Gasteiger partial charge on any atom is 0.129 e. The summed E-state index contributed by atoms with van der Waals surface area (Å²) in [4.78, 5) is 13.5. The van der Waals surface area contributed by atoms with E-state index in [4.69, 9.17) is 9.40 Å². The molecule has 0 amide bonds. The van der Waals surface area contributed by atoms with Gasteiger partial charge in [0.05, 0.1) is 5.58 Å². The van der Waals surface area contributed by atoms with Gasteiger partial charge in [-0.05, 0) is 95.5 Å². The summed E-state index contributed by atoms with van der Waals surface area (Å²) < 4.78 is 6.80. The molecule has 5 aromatic carbocycles. The fourth-order valence-corrected chi connectivity index (χ4v) is 6.78. The van der Waals surface area contributed by atoms with Crippen LogP contribution in [0.2, 0.25) is 0 Å². The molecule has 1 radical (unpaired) electrons. The van der Waals surface area contributed by atoms with E-state index in [9.17, 15) is 0 Å². The maximum atomic E-state index is 6.80. The molecule has 0 aliphatic rings. The Morgan fingerprint density at radius 1 is 0.596 bits per heavy atom. The zero-order chi connectivity index (χ0) is 34.9. The smallest absolute Gasteiger partial charge is 0.129 e. The third kappa shape index (κ3) is 6.57. The van der Waals surface area contributed by atoms with Gasteiger partial charge in [-0.25, -0.2) is 0 Å². The normalized spacial score (nSPS) is 10.9. The summed E-state index contributed by atoms with van der Waals surface area (Å²) >= 11 is 0. The van der Waals surface area contributed by atoms with Crippen LogP contribution in [0, 0.1) is 39.8 Å². The predicted octanol–water partition coefficient (Wildman–Crippen LogP) is 12.1. The Morgan fingerprint density at radius 3 is 2.23 bits per heavy atom. The third-order valence-electron chi connectivity index (χ3n) is 9.54. The van der Waals surface area contributed by atoms with Crippen molar-refractivity contribution in [2.75, 3.05) is 0 Å². The predicted molar refractivity (Wildman–Crippen MR) is 209 cm³/mol. The molecule has 5 heteroatoms. The first-order valence-corrected chi connectivity index (χ1v) is 17.1. The molecular weight excluding hydrogens is 815 g/mol. The van der Waals surface area contributed by atoms with Gasteiger partial charge < -0.3 is 14.4 Å². The number of hydrogen-bond acceptors (Lipinski definition) is 4. The van der Waals surface area contributed by atoms with Crippen molar-refractivity contribution in [2.45, 2.75) is 27.7 Å². The molecule has 9 aromatic rings. The fourth-order valence-electron chi connectivity index (χ4n) is 6.78. The third-order valence-corrected chi connectivity index (χ3v) is 9.54.